The summed E-state index contributed by atoms with van der Waals surface area (Å²) in [7, 11) is 2.20. The van der Waals surface area contributed by atoms with E-state index in [0.717, 1.165) is 47.6 Å². The second-order valence-corrected chi connectivity index (χ2v) is 10.0. The molecule has 0 bridgehead atoms. The van der Waals surface area contributed by atoms with E-state index in [2.05, 4.69) is 27.3 Å². The lowest BCUT2D eigenvalue weighted by Crippen LogP contribution is -2.26. The number of carbonyl (C=O) groups is 1. The summed E-state index contributed by atoms with van der Waals surface area (Å²) in [5.41, 5.74) is 2.87. The Hall–Kier alpha value is -2.90. The first kappa shape index (κ1) is 19.8. The summed E-state index contributed by atoms with van der Waals surface area (Å²) in [5, 5.41) is 0.553. The van der Waals surface area contributed by atoms with Crippen LogP contribution < -0.4 is 10.3 Å². The molecule has 2 aromatic carbocycles. The fourth-order valence-electron chi connectivity index (χ4n) is 5.54. The number of nitrogens with zero attached hydrogens (tertiary/aromatic N) is 3. The maximum Gasteiger partial charge on any atom is 0.345 e. The van der Waals surface area contributed by atoms with E-state index in [0.29, 0.717) is 22.1 Å². The average molecular weight is 448 g/mol. The lowest BCUT2D eigenvalue weighted by atomic mass is 10.0. The predicted octanol–water partition coefficient (Wildman–Crippen LogP) is 3.84. The van der Waals surface area contributed by atoms with E-state index >= 15 is 0 Å². The van der Waals surface area contributed by atoms with Crippen molar-refractivity contribution >= 4 is 48.9 Å². The van der Waals surface area contributed by atoms with Gasteiger partial charge in [0.05, 0.1) is 22.3 Å². The van der Waals surface area contributed by atoms with Gasteiger partial charge in [0.15, 0.2) is 0 Å². The maximum absolute atomic E-state index is 13.4. The standard InChI is InChI=1S/C25H25N3O3S/c1-3-31-25(30)22-23(29)18-9-8-17(27-13-15-11-26(2)12-16(15)14-27)10-20(18)28-19-6-4-5-7-21(19)32-24(22)28/h4-10,15-16H,3,11-14H2,1-2H3. The number of ether oxygens (including phenoxy) is 1. The number of thiazole rings is 1. The molecule has 4 heterocycles. The molecule has 164 valence electrons. The second-order valence-electron chi connectivity index (χ2n) is 8.98. The van der Waals surface area contributed by atoms with Gasteiger partial charge in [0.25, 0.3) is 0 Å². The van der Waals surface area contributed by atoms with Gasteiger partial charge in [-0.15, -0.1) is 11.3 Å². The Labute approximate surface area is 189 Å². The van der Waals surface area contributed by atoms with E-state index in [9.17, 15) is 9.59 Å². The number of esters is 1. The normalized spacial score (nSPS) is 21.1. The Kier molecular flexibility index (Phi) is 4.52. The number of hydrogen-bond acceptors (Lipinski definition) is 6. The van der Waals surface area contributed by atoms with E-state index in [1.165, 1.54) is 11.3 Å². The van der Waals surface area contributed by atoms with Crippen molar-refractivity contribution in [1.82, 2.24) is 9.30 Å². The zero-order valence-corrected chi connectivity index (χ0v) is 19.0. The number of para-hydroxylation sites is 1. The smallest absolute Gasteiger partial charge is 0.345 e. The zero-order chi connectivity index (χ0) is 22.0. The summed E-state index contributed by atoms with van der Waals surface area (Å²) in [6.07, 6.45) is 0. The van der Waals surface area contributed by atoms with E-state index < -0.39 is 5.97 Å². The minimum absolute atomic E-state index is 0.132. The van der Waals surface area contributed by atoms with Crippen LogP contribution in [0.1, 0.15) is 17.3 Å². The lowest BCUT2D eigenvalue weighted by Gasteiger charge is -2.22. The molecule has 0 N–H and O–H groups in total. The third-order valence-corrected chi connectivity index (χ3v) is 8.08. The quantitative estimate of drug-likeness (QED) is 0.447. The number of likely N-dealkylation sites (tertiary alicyclic amines) is 1. The van der Waals surface area contributed by atoms with Gasteiger partial charge in [0.1, 0.15) is 10.4 Å². The fourth-order valence-corrected chi connectivity index (χ4v) is 6.72. The van der Waals surface area contributed by atoms with Crippen molar-refractivity contribution in [3.63, 3.8) is 0 Å². The number of benzene rings is 2. The molecule has 0 saturated carbocycles. The first-order valence-corrected chi connectivity index (χ1v) is 12.0. The molecule has 2 unspecified atom stereocenters. The number of hydrogen-bond donors (Lipinski definition) is 0. The molecule has 0 aliphatic carbocycles. The number of aromatic nitrogens is 1. The molecule has 32 heavy (non-hydrogen) atoms. The highest BCUT2D eigenvalue weighted by Gasteiger charge is 2.38. The number of fused-ring (bicyclic) bond motifs is 6. The van der Waals surface area contributed by atoms with Crippen molar-refractivity contribution < 1.29 is 9.53 Å². The summed E-state index contributed by atoms with van der Waals surface area (Å²) in [5.74, 6) is 0.849. The summed E-state index contributed by atoms with van der Waals surface area (Å²) in [4.78, 5) is 31.7. The number of anilines is 1. The second kappa shape index (κ2) is 7.32. The molecule has 6 rings (SSSR count). The van der Waals surface area contributed by atoms with Crippen LogP contribution >= 0.6 is 11.3 Å². The van der Waals surface area contributed by atoms with Crippen molar-refractivity contribution in [2.45, 2.75) is 6.92 Å². The Morgan fingerprint density at radius 1 is 1.06 bits per heavy atom. The largest absolute Gasteiger partial charge is 0.462 e. The van der Waals surface area contributed by atoms with Crippen molar-refractivity contribution in [2.75, 3.05) is 44.7 Å². The summed E-state index contributed by atoms with van der Waals surface area (Å²) in [6.45, 7) is 6.38. The molecule has 0 amide bonds. The van der Waals surface area contributed by atoms with Crippen LogP contribution in [0.4, 0.5) is 5.69 Å². The van der Waals surface area contributed by atoms with Gasteiger partial charge in [-0.25, -0.2) is 4.79 Å². The summed E-state index contributed by atoms with van der Waals surface area (Å²) >= 11 is 1.47. The van der Waals surface area contributed by atoms with Crippen LogP contribution in [0.2, 0.25) is 0 Å². The molecule has 4 aromatic rings. The van der Waals surface area contributed by atoms with Gasteiger partial charge in [0, 0.05) is 37.3 Å². The Morgan fingerprint density at radius 3 is 2.56 bits per heavy atom. The molecule has 0 radical (unpaired) electrons. The Morgan fingerprint density at radius 2 is 1.81 bits per heavy atom. The van der Waals surface area contributed by atoms with Crippen LogP contribution in [0.5, 0.6) is 0 Å². The molecule has 0 spiro atoms. The molecule has 6 nitrogen and oxygen atoms in total. The van der Waals surface area contributed by atoms with Crippen LogP contribution in [-0.4, -0.2) is 55.1 Å². The maximum atomic E-state index is 13.4. The number of carbonyl (C=O) groups excluding carboxylic acids is 1. The lowest BCUT2D eigenvalue weighted by molar-refractivity contribution is 0.0527. The fraction of sp³-hybridized carbons (Fsp3) is 0.360. The van der Waals surface area contributed by atoms with Gasteiger partial charge in [0.2, 0.25) is 5.43 Å². The minimum atomic E-state index is -0.552. The molecular weight excluding hydrogens is 422 g/mol. The number of rotatable bonds is 3. The van der Waals surface area contributed by atoms with E-state index in [1.807, 2.05) is 36.4 Å². The van der Waals surface area contributed by atoms with Crippen LogP contribution in [-0.2, 0) is 4.74 Å². The SMILES string of the molecule is CCOC(=O)c1c(=O)c2ccc(N3CC4CN(C)CC4C3)cc2n2c1sc1ccccc12. The highest BCUT2D eigenvalue weighted by atomic mass is 32.1. The van der Waals surface area contributed by atoms with Gasteiger partial charge in [-0.1, -0.05) is 12.1 Å². The molecular formula is C25H25N3O3S. The molecule has 2 aliphatic rings. The first-order valence-electron chi connectivity index (χ1n) is 11.2. The van der Waals surface area contributed by atoms with Gasteiger partial charge < -0.3 is 14.5 Å². The van der Waals surface area contributed by atoms with Gasteiger partial charge in [-0.3, -0.25) is 9.20 Å². The van der Waals surface area contributed by atoms with Crippen LogP contribution in [0.3, 0.4) is 0 Å². The van der Waals surface area contributed by atoms with Crippen LogP contribution in [0.25, 0.3) is 25.9 Å². The molecule has 2 saturated heterocycles. The number of pyridine rings is 1. The van der Waals surface area contributed by atoms with E-state index in [-0.39, 0.29) is 17.6 Å². The highest BCUT2D eigenvalue weighted by Crippen LogP contribution is 2.36. The topological polar surface area (TPSA) is 54.3 Å². The Bertz CT molecular complexity index is 1430. The van der Waals surface area contributed by atoms with Crippen LogP contribution in [0, 0.1) is 11.8 Å². The predicted molar refractivity (Wildman–Crippen MR) is 129 cm³/mol. The summed E-state index contributed by atoms with van der Waals surface area (Å²) < 4.78 is 8.36. The van der Waals surface area contributed by atoms with Crippen molar-refractivity contribution in [1.29, 1.82) is 0 Å². The van der Waals surface area contributed by atoms with Crippen molar-refractivity contribution in [3.05, 3.63) is 58.3 Å². The van der Waals surface area contributed by atoms with E-state index in [1.54, 1.807) is 6.92 Å². The molecule has 2 aliphatic heterocycles. The third kappa shape index (κ3) is 2.88. The van der Waals surface area contributed by atoms with Gasteiger partial charge in [-0.2, -0.15) is 0 Å². The highest BCUT2D eigenvalue weighted by molar-refractivity contribution is 7.24. The first-order chi connectivity index (χ1) is 15.5. The minimum Gasteiger partial charge on any atom is -0.462 e. The van der Waals surface area contributed by atoms with Crippen molar-refractivity contribution in [2.24, 2.45) is 11.8 Å². The Balaban J connectivity index is 1.58. The monoisotopic (exact) mass is 447 g/mol. The van der Waals surface area contributed by atoms with E-state index in [4.69, 9.17) is 4.74 Å². The van der Waals surface area contributed by atoms with Crippen molar-refractivity contribution in [3.8, 4) is 0 Å². The van der Waals surface area contributed by atoms with Gasteiger partial charge in [-0.05, 0) is 56.1 Å². The molecule has 2 fully saturated rings. The zero-order valence-electron chi connectivity index (χ0n) is 18.2. The molecule has 2 atom stereocenters. The summed E-state index contributed by atoms with van der Waals surface area (Å²) in [6, 6.07) is 14.1. The van der Waals surface area contributed by atoms with Gasteiger partial charge >= 0.3 is 5.97 Å². The third-order valence-electron chi connectivity index (χ3n) is 6.94. The molecule has 2 aromatic heterocycles. The van der Waals surface area contributed by atoms with Crippen LogP contribution in [0.15, 0.2) is 47.3 Å². The molecule has 7 heteroatoms. The average Bonchev–Trinajstić information content (AvgIpc) is 3.44.